The Labute approximate surface area is 97.7 Å². The van der Waals surface area contributed by atoms with Gasteiger partial charge in [0.25, 0.3) is 5.91 Å². The first-order chi connectivity index (χ1) is 7.93. The number of hydrogen-bond acceptors (Lipinski definition) is 3. The largest absolute Gasteiger partial charge is 0.480 e. The van der Waals surface area contributed by atoms with Gasteiger partial charge in [0.2, 0.25) is 0 Å². The molecule has 1 rings (SSSR count). The van der Waals surface area contributed by atoms with Gasteiger partial charge in [0.1, 0.15) is 11.6 Å². The lowest BCUT2D eigenvalue weighted by Crippen LogP contribution is -2.45. The highest BCUT2D eigenvalue weighted by molar-refractivity contribution is 5.96. The summed E-state index contributed by atoms with van der Waals surface area (Å²) in [5, 5.41) is 11.2. The smallest absolute Gasteiger partial charge is 0.326 e. The molecule has 1 aromatic rings. The van der Waals surface area contributed by atoms with E-state index in [0.29, 0.717) is 0 Å². The summed E-state index contributed by atoms with van der Waals surface area (Å²) in [7, 11) is 0. The Morgan fingerprint density at radius 2 is 2.06 bits per heavy atom. The number of amides is 1. The van der Waals surface area contributed by atoms with Gasteiger partial charge in [-0.15, -0.1) is 0 Å². The van der Waals surface area contributed by atoms with Crippen LogP contribution in [0, 0.1) is 5.92 Å². The van der Waals surface area contributed by atoms with Crippen molar-refractivity contribution in [3.63, 3.8) is 0 Å². The number of aliphatic carboxylic acids is 1. The number of aromatic amines is 1. The Bertz CT molecular complexity index is 478. The van der Waals surface area contributed by atoms with E-state index in [0.717, 1.165) is 0 Å². The molecule has 0 saturated carbocycles. The Balaban J connectivity index is 2.89. The van der Waals surface area contributed by atoms with Crippen LogP contribution in [0.5, 0.6) is 0 Å². The second-order valence-corrected chi connectivity index (χ2v) is 3.96. The van der Waals surface area contributed by atoms with Gasteiger partial charge in [0.15, 0.2) is 5.43 Å². The second kappa shape index (κ2) is 5.29. The molecule has 0 saturated heterocycles. The van der Waals surface area contributed by atoms with E-state index in [9.17, 15) is 14.4 Å². The Hall–Kier alpha value is -2.11. The molecule has 6 heteroatoms. The third-order valence-corrected chi connectivity index (χ3v) is 2.29. The van der Waals surface area contributed by atoms with Gasteiger partial charge < -0.3 is 15.4 Å². The van der Waals surface area contributed by atoms with Gasteiger partial charge in [-0.05, 0) is 5.92 Å². The molecule has 0 spiro atoms. The van der Waals surface area contributed by atoms with E-state index in [1.807, 2.05) is 0 Å². The van der Waals surface area contributed by atoms with Crippen molar-refractivity contribution in [3.8, 4) is 0 Å². The SMILES string of the molecule is CC(C)[C@H](NC(=O)c1c[nH]ccc1=O)C(=O)O. The van der Waals surface area contributed by atoms with Crippen molar-refractivity contribution in [2.24, 2.45) is 5.92 Å². The third kappa shape index (κ3) is 3.17. The maximum Gasteiger partial charge on any atom is 0.326 e. The normalized spacial score (nSPS) is 12.2. The number of aromatic nitrogens is 1. The van der Waals surface area contributed by atoms with E-state index in [-0.39, 0.29) is 11.5 Å². The molecule has 1 aromatic heterocycles. The molecule has 0 radical (unpaired) electrons. The molecule has 0 aliphatic heterocycles. The minimum atomic E-state index is -1.12. The van der Waals surface area contributed by atoms with Crippen molar-refractivity contribution < 1.29 is 14.7 Å². The zero-order valence-electron chi connectivity index (χ0n) is 9.56. The summed E-state index contributed by atoms with van der Waals surface area (Å²) < 4.78 is 0. The summed E-state index contributed by atoms with van der Waals surface area (Å²) >= 11 is 0. The Morgan fingerprint density at radius 3 is 2.53 bits per heavy atom. The predicted octanol–water partition coefficient (Wildman–Crippen LogP) is 0.214. The molecule has 0 aliphatic rings. The highest BCUT2D eigenvalue weighted by atomic mass is 16.4. The maximum absolute atomic E-state index is 11.7. The summed E-state index contributed by atoms with van der Waals surface area (Å²) in [5.41, 5.74) is -0.548. The summed E-state index contributed by atoms with van der Waals surface area (Å²) in [4.78, 5) is 36.5. The van der Waals surface area contributed by atoms with E-state index < -0.39 is 23.3 Å². The van der Waals surface area contributed by atoms with Crippen molar-refractivity contribution in [3.05, 3.63) is 34.2 Å². The van der Waals surface area contributed by atoms with Gasteiger partial charge in [-0.2, -0.15) is 0 Å². The first-order valence-electron chi connectivity index (χ1n) is 5.14. The second-order valence-electron chi connectivity index (χ2n) is 3.96. The fraction of sp³-hybridized carbons (Fsp3) is 0.364. The van der Waals surface area contributed by atoms with Crippen molar-refractivity contribution in [2.75, 3.05) is 0 Å². The summed E-state index contributed by atoms with van der Waals surface area (Å²) in [6.07, 6.45) is 2.65. The molecule has 0 aliphatic carbocycles. The Kier molecular flexibility index (Phi) is 4.03. The average Bonchev–Trinajstić information content (AvgIpc) is 2.25. The van der Waals surface area contributed by atoms with Crippen LogP contribution in [0.15, 0.2) is 23.3 Å². The van der Waals surface area contributed by atoms with Crippen molar-refractivity contribution in [2.45, 2.75) is 19.9 Å². The van der Waals surface area contributed by atoms with Crippen LogP contribution in [-0.4, -0.2) is 28.0 Å². The molecule has 1 heterocycles. The van der Waals surface area contributed by atoms with Crippen molar-refractivity contribution >= 4 is 11.9 Å². The molecule has 0 bridgehead atoms. The van der Waals surface area contributed by atoms with Crippen LogP contribution in [0.1, 0.15) is 24.2 Å². The number of hydrogen-bond donors (Lipinski definition) is 3. The topological polar surface area (TPSA) is 99.3 Å². The molecule has 6 nitrogen and oxygen atoms in total. The molecule has 1 atom stereocenters. The van der Waals surface area contributed by atoms with Gasteiger partial charge in [-0.25, -0.2) is 4.79 Å². The number of carboxylic acids is 1. The number of nitrogens with one attached hydrogen (secondary N) is 2. The number of carboxylic acid groups (broad SMARTS) is 1. The zero-order valence-corrected chi connectivity index (χ0v) is 9.56. The lowest BCUT2D eigenvalue weighted by atomic mass is 10.0. The molecule has 1 amide bonds. The fourth-order valence-electron chi connectivity index (χ4n) is 1.33. The molecule has 0 aromatic carbocycles. The van der Waals surface area contributed by atoms with E-state index >= 15 is 0 Å². The number of carbonyl (C=O) groups excluding carboxylic acids is 1. The Morgan fingerprint density at radius 1 is 1.41 bits per heavy atom. The lowest BCUT2D eigenvalue weighted by molar-refractivity contribution is -0.140. The molecule has 0 unspecified atom stereocenters. The zero-order chi connectivity index (χ0) is 13.0. The molecule has 92 valence electrons. The van der Waals surface area contributed by atoms with Crippen LogP contribution >= 0.6 is 0 Å². The molecular weight excluding hydrogens is 224 g/mol. The monoisotopic (exact) mass is 238 g/mol. The predicted molar refractivity (Wildman–Crippen MR) is 60.8 cm³/mol. The molecular formula is C11H14N2O4. The van der Waals surface area contributed by atoms with Gasteiger partial charge in [0.05, 0.1) is 0 Å². The van der Waals surface area contributed by atoms with Crippen LogP contribution < -0.4 is 10.7 Å². The van der Waals surface area contributed by atoms with E-state index in [1.54, 1.807) is 13.8 Å². The molecule has 17 heavy (non-hydrogen) atoms. The first-order valence-corrected chi connectivity index (χ1v) is 5.14. The fourth-order valence-corrected chi connectivity index (χ4v) is 1.33. The maximum atomic E-state index is 11.7. The minimum Gasteiger partial charge on any atom is -0.480 e. The van der Waals surface area contributed by atoms with Crippen LogP contribution in [0.2, 0.25) is 0 Å². The number of rotatable bonds is 4. The van der Waals surface area contributed by atoms with Gasteiger partial charge in [0, 0.05) is 18.5 Å². The van der Waals surface area contributed by atoms with Crippen molar-refractivity contribution in [1.29, 1.82) is 0 Å². The van der Waals surface area contributed by atoms with Crippen LogP contribution in [0.25, 0.3) is 0 Å². The molecule has 3 N–H and O–H groups in total. The first kappa shape index (κ1) is 13.0. The van der Waals surface area contributed by atoms with Gasteiger partial charge in [-0.3, -0.25) is 9.59 Å². The van der Waals surface area contributed by atoms with E-state index in [2.05, 4.69) is 10.3 Å². The van der Waals surface area contributed by atoms with Gasteiger partial charge in [-0.1, -0.05) is 13.8 Å². The molecule has 0 fully saturated rings. The quantitative estimate of drug-likeness (QED) is 0.698. The standard InChI is InChI=1S/C11H14N2O4/c1-6(2)9(11(16)17)13-10(15)7-5-12-4-3-8(7)14/h3-6,9H,1-2H3,(H,12,14)(H,13,15)(H,16,17)/t9-/m0/s1. The van der Waals surface area contributed by atoms with Crippen LogP contribution in [0.3, 0.4) is 0 Å². The summed E-state index contributed by atoms with van der Waals surface area (Å²) in [6.45, 7) is 3.35. The van der Waals surface area contributed by atoms with Crippen LogP contribution in [0.4, 0.5) is 0 Å². The summed E-state index contributed by atoms with van der Waals surface area (Å²) in [6, 6.07) is 0.196. The van der Waals surface area contributed by atoms with E-state index in [4.69, 9.17) is 5.11 Å². The lowest BCUT2D eigenvalue weighted by Gasteiger charge is -2.17. The van der Waals surface area contributed by atoms with E-state index in [1.165, 1.54) is 18.5 Å². The third-order valence-electron chi connectivity index (χ3n) is 2.29. The van der Waals surface area contributed by atoms with Crippen LogP contribution in [-0.2, 0) is 4.79 Å². The number of pyridine rings is 1. The van der Waals surface area contributed by atoms with Crippen molar-refractivity contribution in [1.82, 2.24) is 10.3 Å². The minimum absolute atomic E-state index is 0.0978. The highest BCUT2D eigenvalue weighted by Crippen LogP contribution is 2.02. The number of H-pyrrole nitrogens is 1. The highest BCUT2D eigenvalue weighted by Gasteiger charge is 2.24. The van der Waals surface area contributed by atoms with Gasteiger partial charge >= 0.3 is 5.97 Å². The average molecular weight is 238 g/mol. The summed E-state index contributed by atoms with van der Waals surface area (Å²) in [5.74, 6) is -2.08. The number of carbonyl (C=O) groups is 2.